The number of cyclic esters (lactones) is 1. The van der Waals surface area contributed by atoms with Gasteiger partial charge in [-0.1, -0.05) is 30.3 Å². The lowest BCUT2D eigenvalue weighted by Gasteiger charge is -2.25. The average Bonchev–Trinajstić information content (AvgIpc) is 2.78. The first-order valence-corrected chi connectivity index (χ1v) is 6.47. The first kappa shape index (κ1) is 13.8. The number of alkyl carbamates (subject to hydrolysis) is 1. The van der Waals surface area contributed by atoms with Gasteiger partial charge in [0.2, 0.25) is 0 Å². The van der Waals surface area contributed by atoms with E-state index in [4.69, 9.17) is 9.47 Å². The zero-order valence-corrected chi connectivity index (χ0v) is 11.1. The van der Waals surface area contributed by atoms with Gasteiger partial charge in [-0.3, -0.25) is 0 Å². The summed E-state index contributed by atoms with van der Waals surface area (Å²) in [5.41, 5.74) is 0.661. The summed E-state index contributed by atoms with van der Waals surface area (Å²) in [6.07, 6.45) is 0.331. The average molecular weight is 264 g/mol. The predicted octanol–water partition coefficient (Wildman–Crippen LogP) is 1.29. The van der Waals surface area contributed by atoms with Gasteiger partial charge in [-0.25, -0.2) is 4.79 Å². The van der Waals surface area contributed by atoms with E-state index in [-0.39, 0.29) is 6.09 Å². The molecule has 1 aromatic carbocycles. The summed E-state index contributed by atoms with van der Waals surface area (Å²) in [5, 5.41) is 5.75. The van der Waals surface area contributed by atoms with Gasteiger partial charge in [0.15, 0.2) is 0 Å². The number of hydrogen-bond acceptors (Lipinski definition) is 4. The van der Waals surface area contributed by atoms with E-state index in [1.807, 2.05) is 37.4 Å². The van der Waals surface area contributed by atoms with Crippen molar-refractivity contribution >= 4 is 6.09 Å². The van der Waals surface area contributed by atoms with Crippen molar-refractivity contribution in [3.05, 3.63) is 35.9 Å². The van der Waals surface area contributed by atoms with Crippen molar-refractivity contribution in [3.8, 4) is 0 Å². The molecule has 1 amide bonds. The number of nitrogens with one attached hydrogen (secondary N) is 2. The molecule has 0 aliphatic carbocycles. The Bertz CT molecular complexity index is 410. The Kier molecular flexibility index (Phi) is 4.76. The fourth-order valence-corrected chi connectivity index (χ4v) is 2.17. The number of amides is 1. The van der Waals surface area contributed by atoms with Crippen LogP contribution in [0.2, 0.25) is 0 Å². The molecule has 104 valence electrons. The Morgan fingerprint density at radius 3 is 2.84 bits per heavy atom. The van der Waals surface area contributed by atoms with E-state index in [2.05, 4.69) is 10.6 Å². The lowest BCUT2D eigenvalue weighted by Crippen LogP contribution is -2.43. The Morgan fingerprint density at radius 2 is 2.21 bits per heavy atom. The van der Waals surface area contributed by atoms with E-state index in [9.17, 15) is 4.79 Å². The van der Waals surface area contributed by atoms with E-state index in [1.165, 1.54) is 0 Å². The highest BCUT2D eigenvalue weighted by atomic mass is 16.6. The van der Waals surface area contributed by atoms with Crippen LogP contribution in [0.1, 0.15) is 12.0 Å². The van der Waals surface area contributed by atoms with Gasteiger partial charge in [-0.15, -0.1) is 0 Å². The van der Waals surface area contributed by atoms with Crippen LogP contribution >= 0.6 is 0 Å². The second kappa shape index (κ2) is 6.54. The van der Waals surface area contributed by atoms with E-state index >= 15 is 0 Å². The molecular weight excluding hydrogens is 244 g/mol. The molecular formula is C14H20N2O3. The second-order valence-corrected chi connectivity index (χ2v) is 4.74. The minimum absolute atomic E-state index is 0.349. The van der Waals surface area contributed by atoms with Crippen LogP contribution in [0.4, 0.5) is 4.79 Å². The second-order valence-electron chi connectivity index (χ2n) is 4.74. The van der Waals surface area contributed by atoms with E-state index in [0.29, 0.717) is 32.7 Å². The summed E-state index contributed by atoms with van der Waals surface area (Å²) >= 11 is 0. The van der Waals surface area contributed by atoms with Crippen LogP contribution in [0.15, 0.2) is 30.3 Å². The number of hydrogen-bond donors (Lipinski definition) is 2. The third-order valence-electron chi connectivity index (χ3n) is 3.18. The van der Waals surface area contributed by atoms with Crippen molar-refractivity contribution in [1.29, 1.82) is 0 Å². The Hall–Kier alpha value is -1.59. The van der Waals surface area contributed by atoms with Crippen molar-refractivity contribution in [2.24, 2.45) is 0 Å². The molecule has 1 fully saturated rings. The summed E-state index contributed by atoms with van der Waals surface area (Å²) < 4.78 is 11.0. The van der Waals surface area contributed by atoms with Gasteiger partial charge in [0.25, 0.3) is 0 Å². The molecule has 1 atom stereocenters. The number of rotatable bonds is 7. The van der Waals surface area contributed by atoms with Crippen LogP contribution in [0.25, 0.3) is 0 Å². The van der Waals surface area contributed by atoms with Gasteiger partial charge in [0.05, 0.1) is 19.8 Å². The van der Waals surface area contributed by atoms with Crippen LogP contribution in [0.5, 0.6) is 0 Å². The Balaban J connectivity index is 1.75. The number of ether oxygens (including phenoxy) is 2. The van der Waals surface area contributed by atoms with E-state index in [1.54, 1.807) is 0 Å². The Labute approximate surface area is 113 Å². The summed E-state index contributed by atoms with van der Waals surface area (Å²) in [6, 6.07) is 10.0. The number of carbonyl (C=O) groups is 1. The van der Waals surface area contributed by atoms with E-state index in [0.717, 1.165) is 5.56 Å². The maximum Gasteiger partial charge on any atom is 0.407 e. The molecule has 2 rings (SSSR count). The zero-order valence-electron chi connectivity index (χ0n) is 11.1. The number of benzene rings is 1. The molecule has 5 nitrogen and oxygen atoms in total. The van der Waals surface area contributed by atoms with Crippen molar-refractivity contribution in [3.63, 3.8) is 0 Å². The molecule has 1 aliphatic heterocycles. The number of carbonyl (C=O) groups excluding carboxylic acids is 1. The highest BCUT2D eigenvalue weighted by Gasteiger charge is 2.39. The number of likely N-dealkylation sites (N-methyl/N-ethyl adjacent to an activating group) is 1. The molecule has 1 aromatic rings. The molecule has 5 heteroatoms. The topological polar surface area (TPSA) is 59.6 Å². The lowest BCUT2D eigenvalue weighted by atomic mass is 10.0. The maximum atomic E-state index is 11.2. The third kappa shape index (κ3) is 3.94. The molecule has 1 saturated heterocycles. The van der Waals surface area contributed by atoms with Crippen molar-refractivity contribution in [1.82, 2.24) is 10.6 Å². The van der Waals surface area contributed by atoms with Crippen LogP contribution in [-0.4, -0.2) is 38.4 Å². The summed E-state index contributed by atoms with van der Waals surface area (Å²) in [7, 11) is 1.85. The van der Waals surface area contributed by atoms with Gasteiger partial charge in [0.1, 0.15) is 5.60 Å². The van der Waals surface area contributed by atoms with Gasteiger partial charge >= 0.3 is 6.09 Å². The van der Waals surface area contributed by atoms with Crippen LogP contribution in [-0.2, 0) is 16.1 Å². The highest BCUT2D eigenvalue weighted by molar-refractivity contribution is 5.70. The standard InChI is InChI=1S/C14H20N2O3/c1-15-10-14(11-16-13(17)19-14)7-8-18-9-12-5-3-2-4-6-12/h2-6,15H,7-11H2,1H3,(H,16,17). The molecule has 19 heavy (non-hydrogen) atoms. The molecule has 2 N–H and O–H groups in total. The summed E-state index contributed by atoms with van der Waals surface area (Å²) in [4.78, 5) is 11.2. The molecule has 0 saturated carbocycles. The monoisotopic (exact) mass is 264 g/mol. The van der Waals surface area contributed by atoms with Gasteiger partial charge in [-0.05, 0) is 12.6 Å². The van der Waals surface area contributed by atoms with Gasteiger partial charge in [0, 0.05) is 13.0 Å². The van der Waals surface area contributed by atoms with Crippen molar-refractivity contribution in [2.75, 3.05) is 26.7 Å². The minimum Gasteiger partial charge on any atom is -0.440 e. The molecule has 1 aliphatic rings. The Morgan fingerprint density at radius 1 is 1.42 bits per heavy atom. The quantitative estimate of drug-likeness (QED) is 0.729. The first-order valence-electron chi connectivity index (χ1n) is 6.47. The van der Waals surface area contributed by atoms with Gasteiger partial charge in [-0.2, -0.15) is 0 Å². The largest absolute Gasteiger partial charge is 0.440 e. The summed E-state index contributed by atoms with van der Waals surface area (Å²) in [6.45, 7) is 2.30. The highest BCUT2D eigenvalue weighted by Crippen LogP contribution is 2.20. The lowest BCUT2D eigenvalue weighted by molar-refractivity contribution is 0.0159. The maximum absolute atomic E-state index is 11.2. The molecule has 0 aromatic heterocycles. The van der Waals surface area contributed by atoms with Crippen molar-refractivity contribution < 1.29 is 14.3 Å². The van der Waals surface area contributed by atoms with Gasteiger partial charge < -0.3 is 20.1 Å². The summed E-state index contributed by atoms with van der Waals surface area (Å²) in [5.74, 6) is 0. The minimum atomic E-state index is -0.484. The molecule has 0 spiro atoms. The van der Waals surface area contributed by atoms with Crippen LogP contribution < -0.4 is 10.6 Å². The molecule has 1 unspecified atom stereocenters. The van der Waals surface area contributed by atoms with E-state index < -0.39 is 5.60 Å². The van der Waals surface area contributed by atoms with Crippen LogP contribution in [0, 0.1) is 0 Å². The van der Waals surface area contributed by atoms with Crippen LogP contribution in [0.3, 0.4) is 0 Å². The molecule has 0 bridgehead atoms. The van der Waals surface area contributed by atoms with Crippen molar-refractivity contribution in [2.45, 2.75) is 18.6 Å². The molecule has 1 heterocycles. The zero-order chi connectivity index (χ0) is 13.6. The fourth-order valence-electron chi connectivity index (χ4n) is 2.17. The normalized spacial score (nSPS) is 22.1. The fraction of sp³-hybridized carbons (Fsp3) is 0.500. The SMILES string of the molecule is CNCC1(CCOCc2ccccc2)CNC(=O)O1. The third-order valence-corrected chi connectivity index (χ3v) is 3.18. The molecule has 0 radical (unpaired) electrons. The predicted molar refractivity (Wildman–Crippen MR) is 71.9 cm³/mol. The smallest absolute Gasteiger partial charge is 0.407 e. The first-order chi connectivity index (χ1) is 9.24.